The van der Waals surface area contributed by atoms with Gasteiger partial charge in [0.25, 0.3) is 0 Å². The minimum Gasteiger partial charge on any atom is -0.326 e. The Morgan fingerprint density at radius 1 is 0.966 bits per heavy atom. The molecule has 0 saturated heterocycles. The van der Waals surface area contributed by atoms with E-state index in [1.807, 2.05) is 37.3 Å². The first kappa shape index (κ1) is 20.5. The molecule has 9 heteroatoms. The third-order valence-corrected chi connectivity index (χ3v) is 4.91. The fourth-order valence-corrected chi connectivity index (χ4v) is 3.43. The smallest absolute Gasteiger partial charge is 0.234 e. The van der Waals surface area contributed by atoms with Gasteiger partial charge in [-0.05, 0) is 43.3 Å². The van der Waals surface area contributed by atoms with Gasteiger partial charge in [-0.3, -0.25) is 9.59 Å². The van der Waals surface area contributed by atoms with Gasteiger partial charge < -0.3 is 15.2 Å². The predicted octanol–water partition coefficient (Wildman–Crippen LogP) is 3.35. The second kappa shape index (κ2) is 9.83. The summed E-state index contributed by atoms with van der Waals surface area (Å²) in [4.78, 5) is 24.4. The second-order valence-electron chi connectivity index (χ2n) is 6.08. The van der Waals surface area contributed by atoms with Gasteiger partial charge in [0.15, 0.2) is 5.16 Å². The number of aromatic nitrogens is 3. The molecule has 0 unspecified atom stereocenters. The number of nitrogens with one attached hydrogen (secondary N) is 2. The number of anilines is 2. The van der Waals surface area contributed by atoms with Crippen molar-refractivity contribution < 1.29 is 14.0 Å². The maximum absolute atomic E-state index is 13.0. The lowest BCUT2D eigenvalue weighted by molar-refractivity contribution is -0.116. The molecule has 0 spiro atoms. The summed E-state index contributed by atoms with van der Waals surface area (Å²) in [6.45, 7) is 2.48. The normalized spacial score (nSPS) is 10.6. The van der Waals surface area contributed by atoms with Crippen molar-refractivity contribution in [1.82, 2.24) is 14.8 Å². The number of nitrogens with zero attached hydrogens (tertiary/aromatic N) is 3. The topological polar surface area (TPSA) is 88.9 Å². The molecule has 0 aliphatic rings. The number of hydrogen-bond acceptors (Lipinski definition) is 5. The Labute approximate surface area is 171 Å². The summed E-state index contributed by atoms with van der Waals surface area (Å²) in [5.74, 6) is -0.126. The van der Waals surface area contributed by atoms with Crippen LogP contribution in [-0.2, 0) is 22.6 Å². The molecule has 2 aromatic carbocycles. The average molecular weight is 413 g/mol. The molecule has 0 saturated carbocycles. The van der Waals surface area contributed by atoms with Crippen molar-refractivity contribution in [3.63, 3.8) is 0 Å². The summed E-state index contributed by atoms with van der Waals surface area (Å²) in [6.07, 6.45) is 0.0228. The molecule has 2 N–H and O–H groups in total. The number of benzene rings is 2. The molecule has 0 aliphatic carbocycles. The minimum absolute atomic E-state index is 0.0228. The van der Waals surface area contributed by atoms with E-state index < -0.39 is 0 Å². The molecular formula is C20H20FN5O2S. The van der Waals surface area contributed by atoms with Gasteiger partial charge in [0.1, 0.15) is 11.6 Å². The zero-order valence-corrected chi connectivity index (χ0v) is 16.6. The Morgan fingerprint density at radius 2 is 1.62 bits per heavy atom. The maximum Gasteiger partial charge on any atom is 0.234 e. The molecule has 7 nitrogen and oxygen atoms in total. The van der Waals surface area contributed by atoms with Gasteiger partial charge >= 0.3 is 0 Å². The summed E-state index contributed by atoms with van der Waals surface area (Å²) in [6, 6.07) is 14.7. The first-order valence-corrected chi connectivity index (χ1v) is 9.99. The third-order valence-electron chi connectivity index (χ3n) is 3.95. The Bertz CT molecular complexity index is 976. The van der Waals surface area contributed by atoms with Gasteiger partial charge in [-0.25, -0.2) is 4.39 Å². The van der Waals surface area contributed by atoms with Gasteiger partial charge in [0, 0.05) is 17.9 Å². The van der Waals surface area contributed by atoms with Gasteiger partial charge in [-0.2, -0.15) is 0 Å². The summed E-state index contributed by atoms with van der Waals surface area (Å²) in [7, 11) is 0. The summed E-state index contributed by atoms with van der Waals surface area (Å²) in [5, 5.41) is 14.3. The zero-order chi connectivity index (χ0) is 20.6. The van der Waals surface area contributed by atoms with Gasteiger partial charge in [-0.1, -0.05) is 30.0 Å². The zero-order valence-electron chi connectivity index (χ0n) is 15.8. The average Bonchev–Trinajstić information content (AvgIpc) is 3.10. The lowest BCUT2D eigenvalue weighted by atomic mass is 10.3. The van der Waals surface area contributed by atoms with Crippen molar-refractivity contribution in [2.75, 3.05) is 16.4 Å². The largest absolute Gasteiger partial charge is 0.326 e. The third kappa shape index (κ3) is 5.89. The first-order valence-electron chi connectivity index (χ1n) is 9.00. The maximum atomic E-state index is 13.0. The predicted molar refractivity (Wildman–Crippen MR) is 110 cm³/mol. The second-order valence-corrected chi connectivity index (χ2v) is 7.02. The number of amides is 2. The van der Waals surface area contributed by atoms with Crippen molar-refractivity contribution in [3.05, 3.63) is 66.2 Å². The lowest BCUT2D eigenvalue weighted by Gasteiger charge is -2.08. The van der Waals surface area contributed by atoms with E-state index in [2.05, 4.69) is 20.8 Å². The first-order chi connectivity index (χ1) is 14.0. The van der Waals surface area contributed by atoms with Crippen LogP contribution in [0.5, 0.6) is 0 Å². The van der Waals surface area contributed by atoms with Crippen LogP contribution in [0, 0.1) is 5.82 Å². The highest BCUT2D eigenvalue weighted by Crippen LogP contribution is 2.18. The number of rotatable bonds is 8. The van der Waals surface area contributed by atoms with E-state index in [-0.39, 0.29) is 29.8 Å². The number of para-hydroxylation sites is 1. The number of hydrogen-bond donors (Lipinski definition) is 2. The summed E-state index contributed by atoms with van der Waals surface area (Å²) < 4.78 is 14.8. The highest BCUT2D eigenvalue weighted by atomic mass is 32.2. The highest BCUT2D eigenvalue weighted by molar-refractivity contribution is 7.99. The van der Waals surface area contributed by atoms with Crippen LogP contribution in [0.15, 0.2) is 59.8 Å². The molecule has 0 bridgehead atoms. The molecule has 1 heterocycles. The van der Waals surface area contributed by atoms with E-state index in [4.69, 9.17) is 0 Å². The lowest BCUT2D eigenvalue weighted by Crippen LogP contribution is -2.18. The van der Waals surface area contributed by atoms with E-state index in [9.17, 15) is 14.0 Å². The quantitative estimate of drug-likeness (QED) is 0.553. The van der Waals surface area contributed by atoms with Crippen molar-refractivity contribution in [1.29, 1.82) is 0 Å². The Kier molecular flexibility index (Phi) is 6.96. The van der Waals surface area contributed by atoms with Crippen LogP contribution in [-0.4, -0.2) is 32.3 Å². The molecule has 29 heavy (non-hydrogen) atoms. The van der Waals surface area contributed by atoms with Gasteiger partial charge in [0.05, 0.1) is 12.2 Å². The number of carbonyl (C=O) groups excluding carboxylic acids is 2. The molecule has 1 aromatic heterocycles. The molecule has 3 rings (SSSR count). The van der Waals surface area contributed by atoms with Crippen LogP contribution < -0.4 is 10.6 Å². The van der Waals surface area contributed by atoms with Gasteiger partial charge in [0.2, 0.25) is 11.8 Å². The van der Waals surface area contributed by atoms with Crippen molar-refractivity contribution in [2.45, 2.75) is 25.0 Å². The molecular weight excluding hydrogens is 393 g/mol. The van der Waals surface area contributed by atoms with Crippen LogP contribution in [0.4, 0.5) is 15.8 Å². The SMILES string of the molecule is CCn1c(CC(=O)Nc2ccc(F)cc2)nnc1SCC(=O)Nc1ccccc1. The Morgan fingerprint density at radius 3 is 2.31 bits per heavy atom. The molecule has 3 aromatic rings. The van der Waals surface area contributed by atoms with Gasteiger partial charge in [-0.15, -0.1) is 10.2 Å². The minimum atomic E-state index is -0.369. The monoisotopic (exact) mass is 413 g/mol. The van der Waals surface area contributed by atoms with Crippen LogP contribution in [0.1, 0.15) is 12.7 Å². The van der Waals surface area contributed by atoms with Crippen LogP contribution in [0.25, 0.3) is 0 Å². The Balaban J connectivity index is 1.57. The number of thioether (sulfide) groups is 1. The summed E-state index contributed by atoms with van der Waals surface area (Å²) >= 11 is 1.26. The van der Waals surface area contributed by atoms with Crippen molar-refractivity contribution in [3.8, 4) is 0 Å². The molecule has 0 fully saturated rings. The van der Waals surface area contributed by atoms with Crippen LogP contribution >= 0.6 is 11.8 Å². The molecule has 2 amide bonds. The number of carbonyl (C=O) groups is 2. The Hall–Kier alpha value is -3.20. The van der Waals surface area contributed by atoms with Crippen LogP contribution in [0.3, 0.4) is 0 Å². The van der Waals surface area contributed by atoms with E-state index in [1.54, 1.807) is 4.57 Å². The molecule has 0 atom stereocenters. The van der Waals surface area contributed by atoms with E-state index >= 15 is 0 Å². The molecule has 0 aliphatic heterocycles. The summed E-state index contributed by atoms with van der Waals surface area (Å²) in [5.41, 5.74) is 1.24. The van der Waals surface area contributed by atoms with E-state index in [0.29, 0.717) is 23.2 Å². The standard InChI is InChI=1S/C20H20FN5O2S/c1-2-26-17(12-18(27)22-16-10-8-14(21)9-11-16)24-25-20(26)29-13-19(28)23-15-6-4-3-5-7-15/h3-11H,2,12-13H2,1H3,(H,22,27)(H,23,28). The molecule has 0 radical (unpaired) electrons. The number of halogens is 1. The molecule has 150 valence electrons. The fraction of sp³-hybridized carbons (Fsp3) is 0.200. The van der Waals surface area contributed by atoms with Crippen molar-refractivity contribution >= 4 is 35.0 Å². The highest BCUT2D eigenvalue weighted by Gasteiger charge is 2.16. The van der Waals surface area contributed by atoms with Crippen LogP contribution in [0.2, 0.25) is 0 Å². The van der Waals surface area contributed by atoms with Crippen molar-refractivity contribution in [2.24, 2.45) is 0 Å². The fourth-order valence-electron chi connectivity index (χ4n) is 2.60. The van der Waals surface area contributed by atoms with E-state index in [1.165, 1.54) is 36.0 Å². The van der Waals surface area contributed by atoms with E-state index in [0.717, 1.165) is 5.69 Å².